The van der Waals surface area contributed by atoms with Crippen LogP contribution in [0.1, 0.15) is 12.5 Å². The largest absolute Gasteiger partial charge is 0.396 e. The third-order valence-electron chi connectivity index (χ3n) is 2.94. The number of hydrogen-bond acceptors (Lipinski definition) is 3. The molecule has 0 aliphatic heterocycles. The Labute approximate surface area is 120 Å². The number of anilines is 1. The summed E-state index contributed by atoms with van der Waals surface area (Å²) in [6.45, 7) is 1.68. The van der Waals surface area contributed by atoms with Crippen LogP contribution < -0.4 is 11.1 Å². The number of hydrogen-bond donors (Lipinski definition) is 2. The van der Waals surface area contributed by atoms with E-state index in [0.717, 1.165) is 0 Å². The maximum absolute atomic E-state index is 13.5. The van der Waals surface area contributed by atoms with E-state index in [2.05, 4.69) is 10.4 Å². The van der Waals surface area contributed by atoms with Crippen molar-refractivity contribution in [3.8, 4) is 0 Å². The van der Waals surface area contributed by atoms with E-state index >= 15 is 0 Å². The van der Waals surface area contributed by atoms with Crippen molar-refractivity contribution in [3.05, 3.63) is 47.8 Å². The molecule has 2 rings (SSSR count). The fourth-order valence-corrected chi connectivity index (χ4v) is 2.02. The molecule has 0 aliphatic carbocycles. The average molecular weight is 294 g/mol. The van der Waals surface area contributed by atoms with Crippen LogP contribution in [0.2, 0.25) is 0 Å². The Morgan fingerprint density at radius 1 is 1.43 bits per heavy atom. The van der Waals surface area contributed by atoms with Crippen LogP contribution in [-0.2, 0) is 17.8 Å². The highest BCUT2D eigenvalue weighted by Gasteiger charge is 2.14. The lowest BCUT2D eigenvalue weighted by molar-refractivity contribution is -0.122. The molecule has 3 N–H and O–H groups in total. The first kappa shape index (κ1) is 15.0. The number of nitrogens with two attached hydrogens (primary N) is 1. The third kappa shape index (κ3) is 4.01. The Hall–Kier alpha value is -2.44. The molecule has 1 aromatic heterocycles. The van der Waals surface area contributed by atoms with E-state index in [1.54, 1.807) is 6.92 Å². The minimum Gasteiger partial charge on any atom is -0.396 e. The number of rotatable bonds is 5. The topological polar surface area (TPSA) is 72.9 Å². The zero-order chi connectivity index (χ0) is 15.4. The van der Waals surface area contributed by atoms with E-state index in [1.165, 1.54) is 35.3 Å². The zero-order valence-corrected chi connectivity index (χ0v) is 11.5. The Kier molecular flexibility index (Phi) is 4.52. The second-order valence-electron chi connectivity index (χ2n) is 4.84. The fourth-order valence-electron chi connectivity index (χ4n) is 2.02. The van der Waals surface area contributed by atoms with Crippen molar-refractivity contribution in [3.63, 3.8) is 0 Å². The lowest BCUT2D eigenvalue weighted by atomic mass is 10.1. The highest BCUT2D eigenvalue weighted by Crippen LogP contribution is 2.14. The summed E-state index contributed by atoms with van der Waals surface area (Å²) >= 11 is 0. The van der Waals surface area contributed by atoms with Crippen LogP contribution in [-0.4, -0.2) is 21.7 Å². The molecule has 5 nitrogen and oxygen atoms in total. The van der Waals surface area contributed by atoms with Gasteiger partial charge in [0.1, 0.15) is 18.2 Å². The average Bonchev–Trinajstić information content (AvgIpc) is 2.79. The van der Waals surface area contributed by atoms with Gasteiger partial charge in [-0.1, -0.05) is 6.07 Å². The second kappa shape index (κ2) is 6.34. The molecule has 0 saturated heterocycles. The molecule has 0 radical (unpaired) electrons. The van der Waals surface area contributed by atoms with Crippen molar-refractivity contribution >= 4 is 11.6 Å². The summed E-state index contributed by atoms with van der Waals surface area (Å²) in [6.07, 6.45) is 3.04. The van der Waals surface area contributed by atoms with E-state index < -0.39 is 17.7 Å². The van der Waals surface area contributed by atoms with Crippen LogP contribution in [0.15, 0.2) is 30.6 Å². The maximum atomic E-state index is 13.5. The lowest BCUT2D eigenvalue weighted by Gasteiger charge is -2.15. The Morgan fingerprint density at radius 2 is 2.10 bits per heavy atom. The number of carbonyl (C=O) groups is 1. The quantitative estimate of drug-likeness (QED) is 0.877. The van der Waals surface area contributed by atoms with Crippen LogP contribution in [0, 0.1) is 11.6 Å². The van der Waals surface area contributed by atoms with Crippen LogP contribution in [0.25, 0.3) is 0 Å². The van der Waals surface area contributed by atoms with Crippen molar-refractivity contribution < 1.29 is 13.6 Å². The third-order valence-corrected chi connectivity index (χ3v) is 2.94. The number of carbonyl (C=O) groups excluding carboxylic acids is 1. The Morgan fingerprint density at radius 3 is 2.67 bits per heavy atom. The molecule has 0 saturated carbocycles. The van der Waals surface area contributed by atoms with Crippen molar-refractivity contribution in [1.82, 2.24) is 15.1 Å². The predicted molar refractivity (Wildman–Crippen MR) is 74.3 cm³/mol. The van der Waals surface area contributed by atoms with Gasteiger partial charge in [-0.15, -0.1) is 0 Å². The number of halogens is 2. The molecule has 1 unspecified atom stereocenters. The van der Waals surface area contributed by atoms with Crippen LogP contribution in [0.5, 0.6) is 0 Å². The molecule has 0 fully saturated rings. The molecule has 0 aliphatic rings. The summed E-state index contributed by atoms with van der Waals surface area (Å²) in [6, 6.07) is 3.29. The number of amides is 1. The van der Waals surface area contributed by atoms with E-state index in [4.69, 9.17) is 5.73 Å². The molecular weight excluding hydrogens is 278 g/mol. The molecule has 21 heavy (non-hydrogen) atoms. The van der Waals surface area contributed by atoms with E-state index in [0.29, 0.717) is 5.69 Å². The summed E-state index contributed by atoms with van der Waals surface area (Å²) in [5.41, 5.74) is 5.92. The van der Waals surface area contributed by atoms with Crippen molar-refractivity contribution in [2.45, 2.75) is 25.9 Å². The summed E-state index contributed by atoms with van der Waals surface area (Å²) < 4.78 is 28.4. The minimum atomic E-state index is -0.615. The van der Waals surface area contributed by atoms with E-state index in [-0.39, 0.29) is 24.4 Å². The van der Waals surface area contributed by atoms with Gasteiger partial charge in [0.25, 0.3) is 0 Å². The molecule has 112 valence electrons. The van der Waals surface area contributed by atoms with Crippen molar-refractivity contribution in [1.29, 1.82) is 0 Å². The number of nitrogens with one attached hydrogen (secondary N) is 1. The van der Waals surface area contributed by atoms with Gasteiger partial charge in [-0.2, -0.15) is 5.10 Å². The van der Waals surface area contributed by atoms with Gasteiger partial charge in [0, 0.05) is 17.8 Å². The van der Waals surface area contributed by atoms with Crippen LogP contribution in [0.4, 0.5) is 14.5 Å². The van der Waals surface area contributed by atoms with Gasteiger partial charge in [0.15, 0.2) is 0 Å². The fraction of sp³-hybridized carbons (Fsp3) is 0.286. The van der Waals surface area contributed by atoms with Crippen molar-refractivity contribution in [2.75, 3.05) is 5.73 Å². The van der Waals surface area contributed by atoms with Gasteiger partial charge in [-0.05, 0) is 25.5 Å². The standard InChI is InChI=1S/C14H16F2N4O/c1-9(5-11-12(15)3-2-4-13(11)16)19-14(21)8-20-7-10(17)6-18-20/h2-4,6-7,9H,5,8,17H2,1H3,(H,19,21). The maximum Gasteiger partial charge on any atom is 0.241 e. The zero-order valence-electron chi connectivity index (χ0n) is 11.5. The Bertz CT molecular complexity index is 621. The monoisotopic (exact) mass is 294 g/mol. The Balaban J connectivity index is 1.92. The van der Waals surface area contributed by atoms with Gasteiger partial charge in [0.05, 0.1) is 11.9 Å². The first-order chi connectivity index (χ1) is 9.95. The number of benzene rings is 1. The summed E-state index contributed by atoms with van der Waals surface area (Å²) in [5.74, 6) is -1.53. The second-order valence-corrected chi connectivity index (χ2v) is 4.84. The molecule has 7 heteroatoms. The first-order valence-corrected chi connectivity index (χ1v) is 6.46. The summed E-state index contributed by atoms with van der Waals surface area (Å²) in [5, 5.41) is 6.55. The molecule has 1 aromatic carbocycles. The molecule has 1 heterocycles. The highest BCUT2D eigenvalue weighted by molar-refractivity contribution is 5.76. The minimum absolute atomic E-state index is 0.00128. The van der Waals surface area contributed by atoms with Gasteiger partial charge in [0.2, 0.25) is 5.91 Å². The van der Waals surface area contributed by atoms with Gasteiger partial charge in [-0.3, -0.25) is 9.48 Å². The van der Waals surface area contributed by atoms with Crippen LogP contribution >= 0.6 is 0 Å². The smallest absolute Gasteiger partial charge is 0.241 e. The summed E-state index contributed by atoms with van der Waals surface area (Å²) in [4.78, 5) is 11.8. The normalized spacial score (nSPS) is 12.1. The van der Waals surface area contributed by atoms with Crippen molar-refractivity contribution in [2.24, 2.45) is 0 Å². The van der Waals surface area contributed by atoms with Gasteiger partial charge >= 0.3 is 0 Å². The van der Waals surface area contributed by atoms with E-state index in [1.807, 2.05) is 0 Å². The summed E-state index contributed by atoms with van der Waals surface area (Å²) in [7, 11) is 0. The molecule has 2 aromatic rings. The highest BCUT2D eigenvalue weighted by atomic mass is 19.1. The number of nitrogens with zero attached hydrogens (tertiary/aromatic N) is 2. The number of nitrogen functional groups attached to an aromatic ring is 1. The molecule has 1 atom stereocenters. The molecule has 1 amide bonds. The molecule has 0 spiro atoms. The lowest BCUT2D eigenvalue weighted by Crippen LogP contribution is -2.36. The number of aromatic nitrogens is 2. The van der Waals surface area contributed by atoms with Gasteiger partial charge < -0.3 is 11.1 Å². The SMILES string of the molecule is CC(Cc1c(F)cccc1F)NC(=O)Cn1cc(N)cn1. The van der Waals surface area contributed by atoms with Gasteiger partial charge in [-0.25, -0.2) is 8.78 Å². The van der Waals surface area contributed by atoms with Crippen LogP contribution in [0.3, 0.4) is 0 Å². The molecular formula is C14H16F2N4O. The van der Waals surface area contributed by atoms with E-state index in [9.17, 15) is 13.6 Å². The molecule has 0 bridgehead atoms. The predicted octanol–water partition coefficient (Wildman–Crippen LogP) is 1.49. The first-order valence-electron chi connectivity index (χ1n) is 6.46.